The molecule has 2 N–H and O–H groups in total. The first-order valence-corrected chi connectivity index (χ1v) is 7.12. The Morgan fingerprint density at radius 2 is 2.16 bits per heavy atom. The van der Waals surface area contributed by atoms with E-state index in [-0.39, 0.29) is 5.92 Å². The van der Waals surface area contributed by atoms with Gasteiger partial charge in [-0.25, -0.2) is 0 Å². The molecule has 3 nitrogen and oxygen atoms in total. The zero-order valence-electron chi connectivity index (χ0n) is 11.7. The van der Waals surface area contributed by atoms with E-state index in [2.05, 4.69) is 43.4 Å². The number of fused-ring (bicyclic) bond motifs is 1. The Morgan fingerprint density at radius 3 is 2.84 bits per heavy atom. The number of benzene rings is 1. The van der Waals surface area contributed by atoms with Crippen molar-refractivity contribution in [2.45, 2.75) is 39.2 Å². The highest BCUT2D eigenvalue weighted by Crippen LogP contribution is 2.30. The maximum absolute atomic E-state index is 11.2. The second kappa shape index (κ2) is 6.20. The topological polar surface area (TPSA) is 49.3 Å². The molecule has 0 aliphatic heterocycles. The van der Waals surface area contributed by atoms with Crippen LogP contribution in [0.4, 0.5) is 0 Å². The van der Waals surface area contributed by atoms with Gasteiger partial charge in [0, 0.05) is 12.6 Å². The van der Waals surface area contributed by atoms with Gasteiger partial charge in [0.1, 0.15) is 0 Å². The van der Waals surface area contributed by atoms with Gasteiger partial charge < -0.3 is 10.4 Å². The van der Waals surface area contributed by atoms with Gasteiger partial charge in [-0.3, -0.25) is 4.79 Å². The van der Waals surface area contributed by atoms with Crippen LogP contribution in [-0.4, -0.2) is 17.6 Å². The van der Waals surface area contributed by atoms with Gasteiger partial charge >= 0.3 is 5.97 Å². The van der Waals surface area contributed by atoms with E-state index in [4.69, 9.17) is 0 Å². The van der Waals surface area contributed by atoms with Crippen molar-refractivity contribution < 1.29 is 9.90 Å². The first-order valence-electron chi connectivity index (χ1n) is 7.12. The molecule has 0 saturated heterocycles. The fourth-order valence-corrected chi connectivity index (χ4v) is 2.89. The summed E-state index contributed by atoms with van der Waals surface area (Å²) in [5, 5.41) is 12.7. The van der Waals surface area contributed by atoms with Gasteiger partial charge in [-0.1, -0.05) is 38.1 Å². The highest BCUT2D eigenvalue weighted by Gasteiger charge is 2.24. The molecule has 2 atom stereocenters. The van der Waals surface area contributed by atoms with Crippen molar-refractivity contribution in [2.24, 2.45) is 11.8 Å². The van der Waals surface area contributed by atoms with Crippen LogP contribution in [-0.2, 0) is 11.2 Å². The van der Waals surface area contributed by atoms with Crippen LogP contribution < -0.4 is 5.32 Å². The average Bonchev–Trinajstić information content (AvgIpc) is 2.77. The number of aliphatic carboxylic acids is 1. The van der Waals surface area contributed by atoms with Crippen LogP contribution in [0.5, 0.6) is 0 Å². The van der Waals surface area contributed by atoms with E-state index in [1.807, 2.05) is 0 Å². The number of carboxylic acid groups (broad SMARTS) is 1. The lowest BCUT2D eigenvalue weighted by Crippen LogP contribution is -2.31. The standard InChI is InChI=1S/C16H23NO2/c1-11(2)9-13(16(18)19)10-17-15-8-7-12-5-3-4-6-14(12)15/h3-6,11,13,15,17H,7-10H2,1-2H3,(H,18,19). The van der Waals surface area contributed by atoms with Gasteiger partial charge in [-0.15, -0.1) is 0 Å². The first-order chi connectivity index (χ1) is 9.08. The Hall–Kier alpha value is -1.35. The zero-order valence-corrected chi connectivity index (χ0v) is 11.7. The average molecular weight is 261 g/mol. The van der Waals surface area contributed by atoms with Crippen molar-refractivity contribution >= 4 is 5.97 Å². The summed E-state index contributed by atoms with van der Waals surface area (Å²) in [4.78, 5) is 11.2. The van der Waals surface area contributed by atoms with Crippen molar-refractivity contribution in [1.82, 2.24) is 5.32 Å². The number of aryl methyl sites for hydroxylation is 1. The minimum absolute atomic E-state index is 0.284. The second-order valence-corrected chi connectivity index (χ2v) is 5.86. The maximum Gasteiger partial charge on any atom is 0.307 e. The third-order valence-corrected chi connectivity index (χ3v) is 3.85. The number of carbonyl (C=O) groups is 1. The van der Waals surface area contributed by atoms with Crippen LogP contribution >= 0.6 is 0 Å². The lowest BCUT2D eigenvalue weighted by Gasteiger charge is -2.19. The van der Waals surface area contributed by atoms with Gasteiger partial charge in [0.05, 0.1) is 5.92 Å². The Morgan fingerprint density at radius 1 is 1.42 bits per heavy atom. The third kappa shape index (κ3) is 3.57. The molecule has 0 saturated carbocycles. The fourth-order valence-electron chi connectivity index (χ4n) is 2.89. The summed E-state index contributed by atoms with van der Waals surface area (Å²) < 4.78 is 0. The van der Waals surface area contributed by atoms with E-state index in [9.17, 15) is 9.90 Å². The summed E-state index contributed by atoms with van der Waals surface area (Å²) in [5.41, 5.74) is 2.74. The molecule has 2 unspecified atom stereocenters. The molecule has 0 fully saturated rings. The Labute approximate surface area is 115 Å². The molecule has 19 heavy (non-hydrogen) atoms. The predicted molar refractivity (Wildman–Crippen MR) is 76.1 cm³/mol. The predicted octanol–water partition coefficient (Wildman–Crippen LogP) is 3.01. The molecule has 1 aromatic carbocycles. The molecule has 0 spiro atoms. The largest absolute Gasteiger partial charge is 0.481 e. The van der Waals surface area contributed by atoms with E-state index in [1.165, 1.54) is 11.1 Å². The van der Waals surface area contributed by atoms with Crippen molar-refractivity contribution in [3.05, 3.63) is 35.4 Å². The van der Waals surface area contributed by atoms with Gasteiger partial charge in [-0.2, -0.15) is 0 Å². The van der Waals surface area contributed by atoms with Crippen LogP contribution in [0.25, 0.3) is 0 Å². The molecule has 1 aliphatic carbocycles. The summed E-state index contributed by atoms with van der Waals surface area (Å²) >= 11 is 0. The monoisotopic (exact) mass is 261 g/mol. The van der Waals surface area contributed by atoms with Crippen LogP contribution in [0.15, 0.2) is 24.3 Å². The molecular weight excluding hydrogens is 238 g/mol. The summed E-state index contributed by atoms with van der Waals surface area (Å²) in [6, 6.07) is 8.77. The minimum atomic E-state index is -0.688. The SMILES string of the molecule is CC(C)CC(CNC1CCc2ccccc21)C(=O)O. The molecule has 3 heteroatoms. The molecule has 1 aliphatic rings. The second-order valence-electron chi connectivity index (χ2n) is 5.86. The van der Waals surface area contributed by atoms with Crippen molar-refractivity contribution in [2.75, 3.05) is 6.54 Å². The van der Waals surface area contributed by atoms with E-state index >= 15 is 0 Å². The van der Waals surface area contributed by atoms with E-state index < -0.39 is 5.97 Å². The Kier molecular flexibility index (Phi) is 4.59. The zero-order chi connectivity index (χ0) is 13.8. The number of nitrogens with one attached hydrogen (secondary N) is 1. The molecule has 0 radical (unpaired) electrons. The highest BCUT2D eigenvalue weighted by atomic mass is 16.4. The molecule has 104 valence electrons. The van der Waals surface area contributed by atoms with Crippen molar-refractivity contribution in [3.8, 4) is 0 Å². The maximum atomic E-state index is 11.2. The Bertz CT molecular complexity index is 442. The molecule has 0 bridgehead atoms. The number of rotatable bonds is 6. The van der Waals surface area contributed by atoms with Crippen LogP contribution in [0, 0.1) is 11.8 Å². The minimum Gasteiger partial charge on any atom is -0.481 e. The summed E-state index contributed by atoms with van der Waals surface area (Å²) in [5.74, 6) is -0.556. The van der Waals surface area contributed by atoms with E-state index in [0.29, 0.717) is 18.5 Å². The molecule has 0 aromatic heterocycles. The quantitative estimate of drug-likeness (QED) is 0.827. The van der Waals surface area contributed by atoms with Crippen LogP contribution in [0.1, 0.15) is 43.9 Å². The Balaban J connectivity index is 1.93. The van der Waals surface area contributed by atoms with Crippen LogP contribution in [0.3, 0.4) is 0 Å². The first kappa shape index (κ1) is 14.1. The van der Waals surface area contributed by atoms with Crippen LogP contribution in [0.2, 0.25) is 0 Å². The highest BCUT2D eigenvalue weighted by molar-refractivity contribution is 5.70. The molecule has 0 heterocycles. The molecule has 1 aromatic rings. The third-order valence-electron chi connectivity index (χ3n) is 3.85. The normalized spacial score (nSPS) is 19.4. The lowest BCUT2D eigenvalue weighted by atomic mass is 9.96. The van der Waals surface area contributed by atoms with Gasteiger partial charge in [-0.05, 0) is 36.3 Å². The number of hydrogen-bond donors (Lipinski definition) is 2. The fraction of sp³-hybridized carbons (Fsp3) is 0.562. The van der Waals surface area contributed by atoms with E-state index in [0.717, 1.165) is 19.3 Å². The van der Waals surface area contributed by atoms with Gasteiger partial charge in [0.2, 0.25) is 0 Å². The smallest absolute Gasteiger partial charge is 0.307 e. The van der Waals surface area contributed by atoms with Gasteiger partial charge in [0.15, 0.2) is 0 Å². The summed E-state index contributed by atoms with van der Waals surface area (Å²) in [6.07, 6.45) is 2.90. The van der Waals surface area contributed by atoms with E-state index in [1.54, 1.807) is 0 Å². The summed E-state index contributed by atoms with van der Waals surface area (Å²) in [7, 11) is 0. The lowest BCUT2D eigenvalue weighted by molar-refractivity contribution is -0.142. The molecule has 2 rings (SSSR count). The number of carboxylic acids is 1. The summed E-state index contributed by atoms with van der Waals surface area (Å²) in [6.45, 7) is 4.70. The number of hydrogen-bond acceptors (Lipinski definition) is 2. The van der Waals surface area contributed by atoms with Crippen molar-refractivity contribution in [1.29, 1.82) is 0 Å². The van der Waals surface area contributed by atoms with Crippen molar-refractivity contribution in [3.63, 3.8) is 0 Å². The van der Waals surface area contributed by atoms with Gasteiger partial charge in [0.25, 0.3) is 0 Å². The molecular formula is C16H23NO2. The molecule has 0 amide bonds.